The van der Waals surface area contributed by atoms with Crippen LogP contribution in [0.1, 0.15) is 25.0 Å². The van der Waals surface area contributed by atoms with Gasteiger partial charge in [-0.3, -0.25) is 4.90 Å². The second-order valence-electron chi connectivity index (χ2n) is 9.27. The Morgan fingerprint density at radius 1 is 0.889 bits per heavy atom. The number of benzene rings is 3. The Morgan fingerprint density at radius 2 is 1.50 bits per heavy atom. The molecule has 1 atom stereocenters. The summed E-state index contributed by atoms with van der Waals surface area (Å²) in [5, 5.41) is 15.8. The van der Waals surface area contributed by atoms with E-state index in [2.05, 4.69) is 43.0 Å². The molecule has 1 N–H and O–H groups in total. The Balaban J connectivity index is 1.64. The van der Waals surface area contributed by atoms with E-state index in [1.54, 1.807) is 11.8 Å². The summed E-state index contributed by atoms with van der Waals surface area (Å²) < 4.78 is 13.5. The quantitative estimate of drug-likeness (QED) is 0.295. The van der Waals surface area contributed by atoms with Crippen LogP contribution in [0, 0.1) is 0 Å². The molecule has 36 heavy (non-hydrogen) atoms. The van der Waals surface area contributed by atoms with Gasteiger partial charge in [-0.15, -0.1) is 0 Å². The van der Waals surface area contributed by atoms with E-state index in [1.165, 1.54) is 0 Å². The molecule has 4 rings (SSSR count). The summed E-state index contributed by atoms with van der Waals surface area (Å²) >= 11 is 0. The number of ether oxygens (including phenoxy) is 2. The molecule has 1 unspecified atom stereocenters. The van der Waals surface area contributed by atoms with Gasteiger partial charge in [-0.1, -0.05) is 60.7 Å². The van der Waals surface area contributed by atoms with Crippen molar-refractivity contribution in [3.63, 3.8) is 0 Å². The molecule has 0 saturated carbocycles. The molecule has 0 spiro atoms. The minimum Gasteiger partial charge on any atom is -0.497 e. The third-order valence-electron chi connectivity index (χ3n) is 6.26. The Hall–Kier alpha value is -3.61. The van der Waals surface area contributed by atoms with E-state index >= 15 is 0 Å². The summed E-state index contributed by atoms with van der Waals surface area (Å²) in [5.41, 5.74) is 4.02. The Labute approximate surface area is 213 Å². The average Bonchev–Trinajstić information content (AvgIpc) is 3.19. The minimum absolute atomic E-state index is 0.216. The normalized spacial score (nSPS) is 12.2. The van der Waals surface area contributed by atoms with Crippen molar-refractivity contribution >= 4 is 0 Å². The van der Waals surface area contributed by atoms with Crippen molar-refractivity contribution in [2.45, 2.75) is 39.0 Å². The van der Waals surface area contributed by atoms with Gasteiger partial charge in [0.25, 0.3) is 0 Å². The molecule has 0 aliphatic heterocycles. The van der Waals surface area contributed by atoms with Crippen molar-refractivity contribution in [3.8, 4) is 28.6 Å². The summed E-state index contributed by atoms with van der Waals surface area (Å²) in [4.78, 5) is 2.28. The van der Waals surface area contributed by atoms with Crippen LogP contribution in [-0.4, -0.2) is 45.6 Å². The SMILES string of the molecule is COc1ccc(Oc2c(CN(CC(O)Cc3ccccc3)C(C)C)c(-c3ccccc3)nn2C)cc1. The molecule has 6 nitrogen and oxygen atoms in total. The zero-order chi connectivity index (χ0) is 25.5. The predicted octanol–water partition coefficient (Wildman–Crippen LogP) is 5.70. The molecule has 1 heterocycles. The Kier molecular flexibility index (Phi) is 8.41. The molecule has 188 valence electrons. The first-order valence-electron chi connectivity index (χ1n) is 12.3. The lowest BCUT2D eigenvalue weighted by atomic mass is 10.0. The molecular formula is C30H35N3O3. The highest BCUT2D eigenvalue weighted by molar-refractivity contribution is 5.65. The lowest BCUT2D eigenvalue weighted by Crippen LogP contribution is -2.38. The minimum atomic E-state index is -0.488. The number of aliphatic hydroxyl groups is 1. The van der Waals surface area contributed by atoms with E-state index in [0.717, 1.165) is 28.1 Å². The maximum absolute atomic E-state index is 10.9. The zero-order valence-corrected chi connectivity index (χ0v) is 21.5. The fraction of sp³-hybridized carbons (Fsp3) is 0.300. The molecule has 0 bridgehead atoms. The number of hydrogen-bond acceptors (Lipinski definition) is 5. The topological polar surface area (TPSA) is 59.8 Å². The van der Waals surface area contributed by atoms with E-state index in [9.17, 15) is 5.11 Å². The highest BCUT2D eigenvalue weighted by Crippen LogP contribution is 2.35. The molecule has 6 heteroatoms. The van der Waals surface area contributed by atoms with E-state index in [4.69, 9.17) is 14.6 Å². The number of hydrogen-bond donors (Lipinski definition) is 1. The van der Waals surface area contributed by atoms with Gasteiger partial charge in [0.2, 0.25) is 5.88 Å². The number of aromatic nitrogens is 2. The van der Waals surface area contributed by atoms with Crippen molar-refractivity contribution in [2.75, 3.05) is 13.7 Å². The molecule has 4 aromatic rings. The van der Waals surface area contributed by atoms with Gasteiger partial charge in [0, 0.05) is 31.7 Å². The number of nitrogens with zero attached hydrogens (tertiary/aromatic N) is 3. The van der Waals surface area contributed by atoms with Gasteiger partial charge < -0.3 is 14.6 Å². The zero-order valence-electron chi connectivity index (χ0n) is 21.5. The fourth-order valence-electron chi connectivity index (χ4n) is 4.29. The van der Waals surface area contributed by atoms with Crippen LogP contribution in [-0.2, 0) is 20.0 Å². The number of aliphatic hydroxyl groups excluding tert-OH is 1. The molecule has 3 aromatic carbocycles. The van der Waals surface area contributed by atoms with Crippen LogP contribution in [0.3, 0.4) is 0 Å². The highest BCUT2D eigenvalue weighted by Gasteiger charge is 2.24. The van der Waals surface area contributed by atoms with Gasteiger partial charge in [0.15, 0.2) is 0 Å². The van der Waals surface area contributed by atoms with Crippen molar-refractivity contribution in [3.05, 3.63) is 96.1 Å². The Morgan fingerprint density at radius 3 is 2.11 bits per heavy atom. The number of rotatable bonds is 11. The summed E-state index contributed by atoms with van der Waals surface area (Å²) in [6.07, 6.45) is 0.121. The molecule has 1 aromatic heterocycles. The van der Waals surface area contributed by atoms with Gasteiger partial charge in [0.05, 0.1) is 18.8 Å². The lowest BCUT2D eigenvalue weighted by molar-refractivity contribution is 0.0904. The Bertz CT molecular complexity index is 1220. The first kappa shape index (κ1) is 25.5. The van der Waals surface area contributed by atoms with E-state index in [0.29, 0.717) is 31.1 Å². The van der Waals surface area contributed by atoms with Crippen LogP contribution in [0.4, 0.5) is 0 Å². The third-order valence-corrected chi connectivity index (χ3v) is 6.26. The van der Waals surface area contributed by atoms with Gasteiger partial charge in [-0.2, -0.15) is 5.10 Å². The van der Waals surface area contributed by atoms with Crippen LogP contribution < -0.4 is 9.47 Å². The molecule has 0 fully saturated rings. The van der Waals surface area contributed by atoms with Gasteiger partial charge in [-0.05, 0) is 50.1 Å². The standard InChI is InChI=1S/C30H35N3O3/c1-22(2)33(20-25(34)19-23-11-7-5-8-12-23)21-28-29(24-13-9-6-10-14-24)31-32(3)30(28)36-27-17-15-26(35-4)16-18-27/h5-18,22,25,34H,19-21H2,1-4H3. The van der Waals surface area contributed by atoms with E-state index < -0.39 is 6.10 Å². The summed E-state index contributed by atoms with van der Waals surface area (Å²) in [6, 6.07) is 28.0. The smallest absolute Gasteiger partial charge is 0.222 e. The molecule has 0 radical (unpaired) electrons. The van der Waals surface area contributed by atoms with Crippen LogP contribution in [0.15, 0.2) is 84.9 Å². The summed E-state index contributed by atoms with van der Waals surface area (Å²) in [5.74, 6) is 2.16. The molecule has 0 aliphatic carbocycles. The second-order valence-corrected chi connectivity index (χ2v) is 9.27. The molecular weight excluding hydrogens is 450 g/mol. The van der Waals surface area contributed by atoms with E-state index in [-0.39, 0.29) is 6.04 Å². The second kappa shape index (κ2) is 11.9. The van der Waals surface area contributed by atoms with Crippen molar-refractivity contribution in [1.29, 1.82) is 0 Å². The average molecular weight is 486 g/mol. The molecule has 0 amide bonds. The first-order valence-corrected chi connectivity index (χ1v) is 12.3. The summed E-state index contributed by atoms with van der Waals surface area (Å²) in [7, 11) is 3.55. The monoisotopic (exact) mass is 485 g/mol. The summed E-state index contributed by atoms with van der Waals surface area (Å²) in [6.45, 7) is 5.43. The molecule has 0 saturated heterocycles. The maximum atomic E-state index is 10.9. The maximum Gasteiger partial charge on any atom is 0.222 e. The van der Waals surface area contributed by atoms with Crippen LogP contribution in [0.5, 0.6) is 17.4 Å². The number of methoxy groups -OCH3 is 1. The predicted molar refractivity (Wildman–Crippen MR) is 143 cm³/mol. The highest BCUT2D eigenvalue weighted by atomic mass is 16.5. The lowest BCUT2D eigenvalue weighted by Gasteiger charge is -2.29. The van der Waals surface area contributed by atoms with Gasteiger partial charge in [0.1, 0.15) is 17.2 Å². The third kappa shape index (κ3) is 6.33. The van der Waals surface area contributed by atoms with Gasteiger partial charge >= 0.3 is 0 Å². The molecule has 0 aliphatic rings. The van der Waals surface area contributed by atoms with Gasteiger partial charge in [-0.25, -0.2) is 4.68 Å². The van der Waals surface area contributed by atoms with Crippen molar-refractivity contribution in [2.24, 2.45) is 7.05 Å². The number of aryl methyl sites for hydroxylation is 1. The van der Waals surface area contributed by atoms with Crippen molar-refractivity contribution < 1.29 is 14.6 Å². The van der Waals surface area contributed by atoms with E-state index in [1.807, 2.05) is 67.7 Å². The first-order chi connectivity index (χ1) is 17.4. The fourth-order valence-corrected chi connectivity index (χ4v) is 4.29. The van der Waals surface area contributed by atoms with Crippen LogP contribution in [0.2, 0.25) is 0 Å². The van der Waals surface area contributed by atoms with Crippen LogP contribution >= 0.6 is 0 Å². The van der Waals surface area contributed by atoms with Crippen LogP contribution in [0.25, 0.3) is 11.3 Å². The largest absolute Gasteiger partial charge is 0.497 e. The van der Waals surface area contributed by atoms with Crippen molar-refractivity contribution in [1.82, 2.24) is 14.7 Å².